The van der Waals surface area contributed by atoms with Crippen molar-refractivity contribution in [1.29, 1.82) is 0 Å². The van der Waals surface area contributed by atoms with Gasteiger partial charge >= 0.3 is 0 Å². The lowest BCUT2D eigenvalue weighted by molar-refractivity contribution is 0.458. The first kappa shape index (κ1) is 11.4. The summed E-state index contributed by atoms with van der Waals surface area (Å²) in [7, 11) is 0. The van der Waals surface area contributed by atoms with Crippen molar-refractivity contribution in [3.05, 3.63) is 28.9 Å². The first-order chi connectivity index (χ1) is 7.79. The van der Waals surface area contributed by atoms with Crippen LogP contribution in [0.15, 0.2) is 31.8 Å². The van der Waals surface area contributed by atoms with Crippen LogP contribution in [0.1, 0.15) is 19.2 Å². The number of hydrogen-bond acceptors (Lipinski definition) is 4. The van der Waals surface area contributed by atoms with E-state index in [0.29, 0.717) is 28.6 Å². The van der Waals surface area contributed by atoms with Crippen LogP contribution in [0.5, 0.6) is 0 Å². The summed E-state index contributed by atoms with van der Waals surface area (Å²) in [5, 5.41) is 3.23. The van der Waals surface area contributed by atoms with Gasteiger partial charge in [0.15, 0.2) is 16.2 Å². The fraction of sp³-hybridized carbons (Fsp3) is 0.364. The van der Waals surface area contributed by atoms with Crippen LogP contribution in [0.3, 0.4) is 0 Å². The van der Waals surface area contributed by atoms with Crippen molar-refractivity contribution in [1.82, 2.24) is 10.3 Å². The maximum atomic E-state index is 5.54. The molecule has 0 amide bonds. The maximum absolute atomic E-state index is 5.54. The second kappa shape index (κ2) is 5.32. The Balaban J connectivity index is 2.02. The minimum absolute atomic E-state index is 0.649. The number of aromatic nitrogens is 1. The van der Waals surface area contributed by atoms with Crippen LogP contribution < -0.4 is 5.32 Å². The fourth-order valence-electron chi connectivity index (χ4n) is 1.32. The van der Waals surface area contributed by atoms with Gasteiger partial charge in [0.25, 0.3) is 0 Å². The van der Waals surface area contributed by atoms with Gasteiger partial charge in [0.1, 0.15) is 0 Å². The molecule has 0 aliphatic carbocycles. The zero-order valence-corrected chi connectivity index (χ0v) is 10.6. The van der Waals surface area contributed by atoms with Crippen molar-refractivity contribution in [2.75, 3.05) is 6.54 Å². The molecule has 0 aliphatic rings. The molecule has 0 radical (unpaired) electrons. The molecule has 2 aromatic heterocycles. The highest BCUT2D eigenvalue weighted by molar-refractivity contribution is 9.10. The minimum atomic E-state index is 0.649. The Morgan fingerprint density at radius 3 is 2.88 bits per heavy atom. The highest BCUT2D eigenvalue weighted by Crippen LogP contribution is 2.25. The van der Waals surface area contributed by atoms with Crippen molar-refractivity contribution < 1.29 is 8.83 Å². The van der Waals surface area contributed by atoms with Gasteiger partial charge in [-0.3, -0.25) is 0 Å². The van der Waals surface area contributed by atoms with Crippen molar-refractivity contribution in [3.63, 3.8) is 0 Å². The molecule has 4 nitrogen and oxygen atoms in total. The standard InChI is InChI=1S/C11H13BrN2O2/c1-2-5-13-7-11-14-6-9(16-11)8-3-4-10(12)15-8/h3-4,6,13H,2,5,7H2,1H3. The molecule has 0 aromatic carbocycles. The molecule has 2 rings (SSSR count). The molecule has 0 saturated heterocycles. The van der Waals surface area contributed by atoms with E-state index in [9.17, 15) is 0 Å². The average Bonchev–Trinajstić information content (AvgIpc) is 2.87. The third kappa shape index (κ3) is 2.74. The summed E-state index contributed by atoms with van der Waals surface area (Å²) in [5.41, 5.74) is 0. The van der Waals surface area contributed by atoms with Gasteiger partial charge in [0.2, 0.25) is 5.89 Å². The van der Waals surface area contributed by atoms with E-state index in [1.807, 2.05) is 12.1 Å². The molecule has 16 heavy (non-hydrogen) atoms. The van der Waals surface area contributed by atoms with E-state index in [1.54, 1.807) is 6.20 Å². The van der Waals surface area contributed by atoms with Gasteiger partial charge in [-0.2, -0.15) is 0 Å². The Morgan fingerprint density at radius 1 is 1.31 bits per heavy atom. The smallest absolute Gasteiger partial charge is 0.209 e. The summed E-state index contributed by atoms with van der Waals surface area (Å²) in [4.78, 5) is 4.17. The number of rotatable bonds is 5. The molecule has 0 saturated carbocycles. The largest absolute Gasteiger partial charge is 0.446 e. The third-order valence-electron chi connectivity index (χ3n) is 2.07. The minimum Gasteiger partial charge on any atom is -0.446 e. The Kier molecular flexibility index (Phi) is 3.79. The van der Waals surface area contributed by atoms with Gasteiger partial charge in [0.05, 0.1) is 12.7 Å². The van der Waals surface area contributed by atoms with Gasteiger partial charge in [0, 0.05) is 0 Å². The monoisotopic (exact) mass is 284 g/mol. The van der Waals surface area contributed by atoms with E-state index in [-0.39, 0.29) is 0 Å². The SMILES string of the molecule is CCCNCc1ncc(-c2ccc(Br)o2)o1. The van der Waals surface area contributed by atoms with E-state index >= 15 is 0 Å². The predicted octanol–water partition coefficient (Wildman–Crippen LogP) is 3.20. The van der Waals surface area contributed by atoms with Gasteiger partial charge in [-0.1, -0.05) is 6.92 Å². The van der Waals surface area contributed by atoms with Crippen LogP contribution in [-0.2, 0) is 6.54 Å². The Labute approximate surface area is 102 Å². The van der Waals surface area contributed by atoms with Crippen LogP contribution in [-0.4, -0.2) is 11.5 Å². The van der Waals surface area contributed by atoms with E-state index < -0.39 is 0 Å². The summed E-state index contributed by atoms with van der Waals surface area (Å²) in [6, 6.07) is 3.67. The second-order valence-corrected chi connectivity index (χ2v) is 4.18. The Hall–Kier alpha value is -1.07. The van der Waals surface area contributed by atoms with E-state index in [1.165, 1.54) is 0 Å². The molecule has 0 unspecified atom stereocenters. The number of nitrogens with zero attached hydrogens (tertiary/aromatic N) is 1. The van der Waals surface area contributed by atoms with E-state index in [4.69, 9.17) is 8.83 Å². The highest BCUT2D eigenvalue weighted by Gasteiger charge is 2.09. The second-order valence-electron chi connectivity index (χ2n) is 3.40. The van der Waals surface area contributed by atoms with Crippen molar-refractivity contribution in [3.8, 4) is 11.5 Å². The number of halogens is 1. The van der Waals surface area contributed by atoms with Crippen molar-refractivity contribution >= 4 is 15.9 Å². The number of nitrogens with one attached hydrogen (secondary N) is 1. The molecule has 0 fully saturated rings. The molecule has 5 heteroatoms. The molecule has 2 heterocycles. The molecule has 0 spiro atoms. The maximum Gasteiger partial charge on any atom is 0.209 e. The first-order valence-electron chi connectivity index (χ1n) is 5.20. The molecular formula is C11H13BrN2O2. The topological polar surface area (TPSA) is 51.2 Å². The fourth-order valence-corrected chi connectivity index (χ4v) is 1.63. The molecule has 1 N–H and O–H groups in total. The lowest BCUT2D eigenvalue weighted by Gasteiger charge is -1.97. The molecule has 86 valence electrons. The lowest BCUT2D eigenvalue weighted by atomic mass is 10.4. The van der Waals surface area contributed by atoms with Crippen LogP contribution >= 0.6 is 15.9 Å². The summed E-state index contributed by atoms with van der Waals surface area (Å²) in [6.07, 6.45) is 2.77. The average molecular weight is 285 g/mol. The Bertz CT molecular complexity index is 450. The highest BCUT2D eigenvalue weighted by atomic mass is 79.9. The van der Waals surface area contributed by atoms with Crippen LogP contribution in [0.25, 0.3) is 11.5 Å². The van der Waals surface area contributed by atoms with Crippen LogP contribution in [0.4, 0.5) is 0 Å². The normalized spacial score (nSPS) is 10.9. The number of hydrogen-bond donors (Lipinski definition) is 1. The summed E-state index contributed by atoms with van der Waals surface area (Å²) in [6.45, 7) is 3.73. The Morgan fingerprint density at radius 2 is 2.19 bits per heavy atom. The van der Waals surface area contributed by atoms with E-state index in [2.05, 4.69) is 33.2 Å². The number of furan rings is 1. The van der Waals surface area contributed by atoms with Gasteiger partial charge < -0.3 is 14.2 Å². The van der Waals surface area contributed by atoms with Crippen LogP contribution in [0, 0.1) is 0 Å². The van der Waals surface area contributed by atoms with Gasteiger partial charge in [-0.25, -0.2) is 4.98 Å². The zero-order chi connectivity index (χ0) is 11.4. The van der Waals surface area contributed by atoms with Crippen molar-refractivity contribution in [2.24, 2.45) is 0 Å². The van der Waals surface area contributed by atoms with Crippen LogP contribution in [0.2, 0.25) is 0 Å². The third-order valence-corrected chi connectivity index (χ3v) is 2.50. The molecule has 0 atom stereocenters. The summed E-state index contributed by atoms with van der Waals surface area (Å²) < 4.78 is 11.6. The summed E-state index contributed by atoms with van der Waals surface area (Å²) >= 11 is 3.25. The molecular weight excluding hydrogens is 272 g/mol. The zero-order valence-electron chi connectivity index (χ0n) is 9.00. The van der Waals surface area contributed by atoms with Gasteiger partial charge in [-0.15, -0.1) is 0 Å². The van der Waals surface area contributed by atoms with Crippen molar-refractivity contribution in [2.45, 2.75) is 19.9 Å². The molecule has 0 bridgehead atoms. The van der Waals surface area contributed by atoms with E-state index in [0.717, 1.165) is 13.0 Å². The first-order valence-corrected chi connectivity index (χ1v) is 6.00. The predicted molar refractivity (Wildman–Crippen MR) is 63.9 cm³/mol. The molecule has 2 aromatic rings. The lowest BCUT2D eigenvalue weighted by Crippen LogP contribution is -2.13. The summed E-state index contributed by atoms with van der Waals surface area (Å²) in [5.74, 6) is 2.01. The van der Waals surface area contributed by atoms with Gasteiger partial charge in [-0.05, 0) is 41.0 Å². The number of oxazole rings is 1. The molecule has 0 aliphatic heterocycles. The quantitative estimate of drug-likeness (QED) is 0.857.